The normalized spacial score (nSPS) is 7.30. The molecule has 0 amide bonds. The molecule has 0 heterocycles. The molecule has 10 heavy (non-hydrogen) atoms. The fourth-order valence-electron chi connectivity index (χ4n) is 0.610. The van der Waals surface area contributed by atoms with E-state index in [0.717, 1.165) is 5.56 Å². The summed E-state index contributed by atoms with van der Waals surface area (Å²) >= 11 is 0. The predicted octanol–water partition coefficient (Wildman–Crippen LogP) is -1.20. The van der Waals surface area contributed by atoms with Gasteiger partial charge in [0.1, 0.15) is 0 Å². The van der Waals surface area contributed by atoms with Crippen LogP contribution < -0.4 is 17.0 Å². The van der Waals surface area contributed by atoms with Gasteiger partial charge in [0.25, 0.3) is 0 Å². The molecule has 0 bridgehead atoms. The molecule has 0 aliphatic rings. The quantitative estimate of drug-likeness (QED) is 0.372. The van der Waals surface area contributed by atoms with Gasteiger partial charge >= 0.3 is 23.1 Å². The molecule has 0 aliphatic heterocycles. The summed E-state index contributed by atoms with van der Waals surface area (Å²) in [4.78, 5) is 0. The minimum absolute atomic E-state index is 0. The summed E-state index contributed by atoms with van der Waals surface area (Å²) in [5.41, 5.74) is 2.38. The predicted molar refractivity (Wildman–Crippen MR) is 41.4 cm³/mol. The largest absolute Gasteiger partial charge is 2.00 e. The zero-order valence-electron chi connectivity index (χ0n) is 6.10. The molecule has 0 radical (unpaired) electrons. The molecule has 0 saturated heterocycles. The Morgan fingerprint density at radius 2 is 1.70 bits per heavy atom. The Kier molecular flexibility index (Phi) is 7.87. The Morgan fingerprint density at radius 3 is 2.00 bits per heavy atom. The second-order valence-electron chi connectivity index (χ2n) is 1.93. The van der Waals surface area contributed by atoms with Crippen molar-refractivity contribution < 1.29 is 17.0 Å². The molecule has 0 unspecified atom stereocenters. The monoisotopic (exact) mass is 208 g/mol. The molecule has 1 aromatic carbocycles. The van der Waals surface area contributed by atoms with Crippen LogP contribution in [0.4, 0.5) is 0 Å². The zero-order chi connectivity index (χ0) is 5.98. The number of benzene rings is 1. The van der Waals surface area contributed by atoms with E-state index >= 15 is 0 Å². The first-order valence-electron chi connectivity index (χ1n) is 2.68. The summed E-state index contributed by atoms with van der Waals surface area (Å²) < 4.78 is 0. The van der Waals surface area contributed by atoms with Crippen molar-refractivity contribution >= 4 is 23.1 Å². The summed E-state index contributed by atoms with van der Waals surface area (Å²) in [6, 6.07) is 8.08. The Labute approximate surface area is 88.9 Å². The van der Waals surface area contributed by atoms with Crippen LogP contribution in [0.3, 0.4) is 0 Å². The van der Waals surface area contributed by atoms with Crippen molar-refractivity contribution in [2.75, 3.05) is 0 Å². The second-order valence-corrected chi connectivity index (χ2v) is 1.93. The Hall–Kier alpha value is 0.336. The van der Waals surface area contributed by atoms with Gasteiger partial charge in [-0.3, -0.25) is 0 Å². The minimum atomic E-state index is 0. The summed E-state index contributed by atoms with van der Waals surface area (Å²) in [6.07, 6.45) is 0. The first-order valence-corrected chi connectivity index (χ1v) is 2.68. The van der Waals surface area contributed by atoms with Crippen LogP contribution in [0.1, 0.15) is 11.1 Å². The molecule has 0 aliphatic carbocycles. The molecule has 0 nitrogen and oxygen atoms in total. The fourth-order valence-corrected chi connectivity index (χ4v) is 0.610. The van der Waals surface area contributed by atoms with Crippen LogP contribution in [0.2, 0.25) is 0 Å². The minimum Gasteiger partial charge on any atom is -1.00 e. The van der Waals surface area contributed by atoms with Gasteiger partial charge in [0.2, 0.25) is 0 Å². The van der Waals surface area contributed by atoms with Gasteiger partial charge in [0, 0.05) is 0 Å². The molecule has 0 aromatic heterocycles. The van der Waals surface area contributed by atoms with Crippen LogP contribution in [0.15, 0.2) is 24.3 Å². The molecule has 0 fully saturated rings. The Morgan fingerprint density at radius 1 is 1.20 bits per heavy atom. The average molecular weight is 209 g/mol. The van der Waals surface area contributed by atoms with E-state index in [1.807, 2.05) is 18.2 Å². The van der Waals surface area contributed by atoms with Crippen molar-refractivity contribution in [3.05, 3.63) is 42.3 Å². The van der Waals surface area contributed by atoms with Crippen LogP contribution in [-0.2, 0) is 0 Å². The van der Waals surface area contributed by atoms with Gasteiger partial charge in [-0.2, -0.15) is 24.1 Å². The Bertz CT molecular complexity index is 165. The van der Waals surface area contributed by atoms with Crippen molar-refractivity contribution in [1.29, 1.82) is 0 Å². The van der Waals surface area contributed by atoms with Crippen LogP contribution in [0, 0.1) is 13.8 Å². The summed E-state index contributed by atoms with van der Waals surface area (Å²) in [7, 11) is 0. The molecule has 50 valence electrons. The molecule has 0 spiro atoms. The van der Waals surface area contributed by atoms with Crippen molar-refractivity contribution in [3.8, 4) is 0 Å². The van der Waals surface area contributed by atoms with E-state index in [9.17, 15) is 0 Å². The maximum atomic E-state index is 3.82. The molecule has 1 rings (SSSR count). The molecular formula is C8H9BrMg. The number of aryl methyl sites for hydroxylation is 1. The number of hydrogen-bond acceptors (Lipinski definition) is 0. The van der Waals surface area contributed by atoms with Gasteiger partial charge in [-0.05, 0) is 0 Å². The van der Waals surface area contributed by atoms with E-state index in [4.69, 9.17) is 0 Å². The van der Waals surface area contributed by atoms with Gasteiger partial charge in [-0.15, -0.1) is 12.1 Å². The molecule has 0 N–H and O–H groups in total. The van der Waals surface area contributed by atoms with E-state index in [2.05, 4.69) is 19.9 Å². The van der Waals surface area contributed by atoms with Crippen LogP contribution in [0.25, 0.3) is 0 Å². The van der Waals surface area contributed by atoms with E-state index < -0.39 is 0 Å². The van der Waals surface area contributed by atoms with E-state index in [1.54, 1.807) is 0 Å². The maximum absolute atomic E-state index is 3.82. The summed E-state index contributed by atoms with van der Waals surface area (Å²) in [5.74, 6) is 0. The molecule has 0 atom stereocenters. The second kappa shape index (κ2) is 6.07. The molecule has 0 saturated carbocycles. The summed E-state index contributed by atoms with van der Waals surface area (Å²) in [6.45, 7) is 5.88. The molecular weight excluding hydrogens is 200 g/mol. The topological polar surface area (TPSA) is 0 Å². The first-order chi connectivity index (χ1) is 3.80. The Balaban J connectivity index is 0. The number of rotatable bonds is 0. The zero-order valence-corrected chi connectivity index (χ0v) is 9.10. The van der Waals surface area contributed by atoms with Crippen molar-refractivity contribution in [3.63, 3.8) is 0 Å². The van der Waals surface area contributed by atoms with Gasteiger partial charge in [-0.1, -0.05) is 13.0 Å². The van der Waals surface area contributed by atoms with Crippen molar-refractivity contribution in [2.24, 2.45) is 0 Å². The van der Waals surface area contributed by atoms with E-state index in [0.29, 0.717) is 0 Å². The molecule has 1 aromatic rings. The van der Waals surface area contributed by atoms with Crippen LogP contribution in [-0.4, -0.2) is 23.1 Å². The third-order valence-electron chi connectivity index (χ3n) is 1.26. The third-order valence-corrected chi connectivity index (χ3v) is 1.26. The fraction of sp³-hybridized carbons (Fsp3) is 0.125. The summed E-state index contributed by atoms with van der Waals surface area (Å²) in [5, 5.41) is 0. The van der Waals surface area contributed by atoms with Crippen molar-refractivity contribution in [1.82, 2.24) is 0 Å². The van der Waals surface area contributed by atoms with Crippen LogP contribution in [0.5, 0.6) is 0 Å². The molecule has 2 heteroatoms. The van der Waals surface area contributed by atoms with Crippen LogP contribution >= 0.6 is 0 Å². The van der Waals surface area contributed by atoms with Gasteiger partial charge < -0.3 is 17.0 Å². The maximum Gasteiger partial charge on any atom is 2.00 e. The van der Waals surface area contributed by atoms with Crippen molar-refractivity contribution in [2.45, 2.75) is 6.92 Å². The smallest absolute Gasteiger partial charge is 1.00 e. The van der Waals surface area contributed by atoms with Gasteiger partial charge in [0.15, 0.2) is 0 Å². The SMILES string of the molecule is [Br-].[CH2-]c1ccccc1C.[Mg+2]. The van der Waals surface area contributed by atoms with E-state index in [-0.39, 0.29) is 40.0 Å². The van der Waals surface area contributed by atoms with E-state index in [1.165, 1.54) is 5.56 Å². The number of halogens is 1. The standard InChI is InChI=1S/C8H9.BrH.Mg/c1-7-5-3-4-6-8(7)2;;/h3-6H,1H2,2H3;1H;/q-1;;+2/p-1. The third kappa shape index (κ3) is 3.49. The number of hydrogen-bond donors (Lipinski definition) is 0. The first kappa shape index (κ1) is 13.0. The average Bonchev–Trinajstić information content (AvgIpc) is 1.77. The van der Waals surface area contributed by atoms with Gasteiger partial charge in [-0.25, -0.2) is 0 Å². The van der Waals surface area contributed by atoms with Gasteiger partial charge in [0.05, 0.1) is 0 Å².